The van der Waals surface area contributed by atoms with Crippen LogP contribution < -0.4 is 16.4 Å². The first-order valence-electron chi connectivity index (χ1n) is 11.5. The molecule has 0 aliphatic carbocycles. The molecule has 194 valence electrons. The molecule has 3 heterocycles. The summed E-state index contributed by atoms with van der Waals surface area (Å²) >= 11 is 6.07. The lowest BCUT2D eigenvalue weighted by molar-refractivity contribution is -0.138. The fraction of sp³-hybridized carbons (Fsp3) is 0.478. The molecule has 36 heavy (non-hydrogen) atoms. The maximum absolute atomic E-state index is 14.3. The van der Waals surface area contributed by atoms with Crippen LogP contribution in [0.1, 0.15) is 42.6 Å². The number of nitrogens with zero attached hydrogens (tertiary/aromatic N) is 1. The highest BCUT2D eigenvalue weighted by molar-refractivity contribution is 6.35. The molecule has 2 aromatic rings. The van der Waals surface area contributed by atoms with Gasteiger partial charge in [-0.05, 0) is 37.5 Å². The number of amides is 4. The third-order valence-corrected chi connectivity index (χ3v) is 6.96. The van der Waals surface area contributed by atoms with Crippen LogP contribution in [0.25, 0.3) is 10.9 Å². The minimum absolute atomic E-state index is 0.0359. The molecule has 4 rings (SSSR count). The first-order chi connectivity index (χ1) is 17.0. The van der Waals surface area contributed by atoms with Gasteiger partial charge in [-0.25, -0.2) is 13.2 Å². The van der Waals surface area contributed by atoms with Crippen LogP contribution in [-0.4, -0.2) is 64.6 Å². The van der Waals surface area contributed by atoms with E-state index in [2.05, 4.69) is 15.6 Å². The number of fused-ring (bicyclic) bond motifs is 1. The minimum Gasteiger partial charge on any atom is -0.368 e. The fourth-order valence-electron chi connectivity index (χ4n) is 4.69. The number of alkyl halides is 2. The molecule has 0 spiro atoms. The summed E-state index contributed by atoms with van der Waals surface area (Å²) in [5.74, 6) is -7.47. The second-order valence-corrected chi connectivity index (χ2v) is 9.56. The van der Waals surface area contributed by atoms with Crippen LogP contribution in [-0.2, 0) is 14.4 Å². The van der Waals surface area contributed by atoms with Gasteiger partial charge in [-0.15, -0.1) is 0 Å². The number of nitrogens with one attached hydrogen (secondary N) is 3. The second kappa shape index (κ2) is 10.00. The van der Waals surface area contributed by atoms with Crippen molar-refractivity contribution in [2.24, 2.45) is 11.7 Å². The van der Waals surface area contributed by atoms with Crippen LogP contribution in [0, 0.1) is 11.7 Å². The Labute approximate surface area is 208 Å². The molecule has 0 radical (unpaired) electrons. The van der Waals surface area contributed by atoms with E-state index < -0.39 is 66.8 Å². The number of nitrogens with two attached hydrogens (primary N) is 1. The lowest BCUT2D eigenvalue weighted by Crippen LogP contribution is -2.59. The largest absolute Gasteiger partial charge is 0.368 e. The number of H-pyrrole nitrogens is 1. The minimum atomic E-state index is -3.24. The Kier molecular flexibility index (Phi) is 7.17. The third-order valence-electron chi connectivity index (χ3n) is 6.65. The smallest absolute Gasteiger partial charge is 0.270 e. The van der Waals surface area contributed by atoms with Crippen molar-refractivity contribution < 1.29 is 32.3 Å². The number of benzene rings is 1. The molecule has 4 amide bonds. The fourth-order valence-corrected chi connectivity index (χ4v) is 4.90. The average molecular weight is 528 g/mol. The topological polar surface area (TPSA) is 137 Å². The molecule has 3 atom stereocenters. The van der Waals surface area contributed by atoms with Crippen LogP contribution in [0.15, 0.2) is 18.2 Å². The van der Waals surface area contributed by atoms with Crippen molar-refractivity contribution in [2.75, 3.05) is 13.1 Å². The van der Waals surface area contributed by atoms with E-state index in [1.807, 2.05) is 0 Å². The number of primary amides is 1. The summed E-state index contributed by atoms with van der Waals surface area (Å²) in [6, 6.07) is 0.711. The van der Waals surface area contributed by atoms with Crippen LogP contribution >= 0.6 is 11.6 Å². The molecular formula is C23H25ClF3N5O4. The van der Waals surface area contributed by atoms with E-state index in [1.54, 1.807) is 0 Å². The van der Waals surface area contributed by atoms with E-state index in [0.717, 1.165) is 11.0 Å². The number of piperidine rings is 2. The van der Waals surface area contributed by atoms with Gasteiger partial charge < -0.3 is 26.3 Å². The van der Waals surface area contributed by atoms with Crippen molar-refractivity contribution in [3.8, 4) is 0 Å². The van der Waals surface area contributed by atoms with Gasteiger partial charge in [-0.2, -0.15) is 0 Å². The van der Waals surface area contributed by atoms with Gasteiger partial charge in [0.15, 0.2) is 0 Å². The van der Waals surface area contributed by atoms with Crippen LogP contribution in [0.2, 0.25) is 5.02 Å². The van der Waals surface area contributed by atoms with Crippen molar-refractivity contribution in [1.29, 1.82) is 0 Å². The van der Waals surface area contributed by atoms with Crippen molar-refractivity contribution in [1.82, 2.24) is 20.5 Å². The maximum atomic E-state index is 14.3. The lowest BCUT2D eigenvalue weighted by Gasteiger charge is -2.38. The predicted octanol–water partition coefficient (Wildman–Crippen LogP) is 2.09. The summed E-state index contributed by atoms with van der Waals surface area (Å²) in [7, 11) is 0. The van der Waals surface area contributed by atoms with E-state index in [1.165, 1.54) is 12.1 Å². The molecule has 13 heteroatoms. The Morgan fingerprint density at radius 2 is 2.06 bits per heavy atom. The number of likely N-dealkylation sites (tertiary alicyclic amines) is 1. The summed E-state index contributed by atoms with van der Waals surface area (Å²) in [5, 5.41) is 5.22. The number of aromatic nitrogens is 1. The van der Waals surface area contributed by atoms with E-state index in [4.69, 9.17) is 17.3 Å². The highest BCUT2D eigenvalue weighted by Gasteiger charge is 2.46. The normalized spacial score (nSPS) is 22.7. The summed E-state index contributed by atoms with van der Waals surface area (Å²) in [4.78, 5) is 54.1. The number of rotatable bonds is 6. The van der Waals surface area contributed by atoms with E-state index >= 15 is 0 Å². The SMILES string of the molecule is NC(=O)[C@H](C[C@@H]1CCCNC1=O)NC(=O)[C@@H]1CC(F)(F)CCN1C(=O)c1cc2c(F)ccc(Cl)c2[nH]1. The number of carbonyl (C=O) groups is 4. The van der Waals surface area contributed by atoms with Gasteiger partial charge in [0.2, 0.25) is 17.7 Å². The molecule has 9 nitrogen and oxygen atoms in total. The molecule has 2 aliphatic rings. The maximum Gasteiger partial charge on any atom is 0.270 e. The highest BCUT2D eigenvalue weighted by Crippen LogP contribution is 2.34. The zero-order chi connectivity index (χ0) is 26.2. The van der Waals surface area contributed by atoms with Gasteiger partial charge in [0.25, 0.3) is 11.8 Å². The first kappa shape index (κ1) is 25.8. The lowest BCUT2D eigenvalue weighted by atomic mass is 9.90. The van der Waals surface area contributed by atoms with Crippen molar-refractivity contribution in [3.05, 3.63) is 34.7 Å². The van der Waals surface area contributed by atoms with Gasteiger partial charge >= 0.3 is 0 Å². The standard InChI is InChI=1S/C23H25ClF3N5O4/c24-13-3-4-14(25)12-9-16(30-18(12)13)22(36)32-7-5-23(26,27)10-17(32)21(35)31-15(19(28)33)8-11-2-1-6-29-20(11)34/h3-4,9,11,15,17,30H,1-2,5-8,10H2,(H2,28,33)(H,29,34)(H,31,35)/t11-,15-,17-/m0/s1. The molecule has 5 N–H and O–H groups in total. The predicted molar refractivity (Wildman–Crippen MR) is 124 cm³/mol. The van der Waals surface area contributed by atoms with Gasteiger partial charge in [0, 0.05) is 37.2 Å². The molecule has 2 saturated heterocycles. The molecular weight excluding hydrogens is 503 g/mol. The molecule has 2 aliphatic heterocycles. The number of hydrogen-bond acceptors (Lipinski definition) is 4. The zero-order valence-electron chi connectivity index (χ0n) is 19.1. The number of halogens is 4. The molecule has 2 fully saturated rings. The molecule has 0 bridgehead atoms. The van der Waals surface area contributed by atoms with Gasteiger partial charge in [0.05, 0.1) is 10.5 Å². The van der Waals surface area contributed by atoms with E-state index in [-0.39, 0.29) is 33.9 Å². The van der Waals surface area contributed by atoms with Gasteiger partial charge in [-0.3, -0.25) is 19.2 Å². The quantitative estimate of drug-likeness (QED) is 0.457. The van der Waals surface area contributed by atoms with Gasteiger partial charge in [0.1, 0.15) is 23.6 Å². The molecule has 0 saturated carbocycles. The van der Waals surface area contributed by atoms with Crippen molar-refractivity contribution in [2.45, 2.75) is 50.1 Å². The second-order valence-electron chi connectivity index (χ2n) is 9.15. The molecule has 0 unspecified atom stereocenters. The Morgan fingerprint density at radius 3 is 2.72 bits per heavy atom. The third kappa shape index (κ3) is 5.28. The number of carbonyl (C=O) groups excluding carboxylic acids is 4. The Morgan fingerprint density at radius 1 is 1.31 bits per heavy atom. The van der Waals surface area contributed by atoms with Crippen molar-refractivity contribution >= 4 is 46.1 Å². The average Bonchev–Trinajstić information content (AvgIpc) is 3.28. The summed E-state index contributed by atoms with van der Waals surface area (Å²) in [6.07, 6.45) is -0.586. The van der Waals surface area contributed by atoms with E-state index in [0.29, 0.717) is 19.4 Å². The first-order valence-corrected chi connectivity index (χ1v) is 11.9. The highest BCUT2D eigenvalue weighted by atomic mass is 35.5. The summed E-state index contributed by atoms with van der Waals surface area (Å²) in [6.45, 7) is 0.0434. The van der Waals surface area contributed by atoms with Crippen molar-refractivity contribution in [3.63, 3.8) is 0 Å². The van der Waals surface area contributed by atoms with Gasteiger partial charge in [-0.1, -0.05) is 11.6 Å². The Hall–Kier alpha value is -3.28. The Bertz CT molecular complexity index is 1180. The van der Waals surface area contributed by atoms with Crippen LogP contribution in [0.5, 0.6) is 0 Å². The Balaban J connectivity index is 1.57. The van der Waals surface area contributed by atoms with Crippen LogP contribution in [0.3, 0.4) is 0 Å². The zero-order valence-corrected chi connectivity index (χ0v) is 19.8. The monoisotopic (exact) mass is 527 g/mol. The number of hydrogen-bond donors (Lipinski definition) is 4. The summed E-state index contributed by atoms with van der Waals surface area (Å²) in [5.41, 5.74) is 5.44. The van der Waals surface area contributed by atoms with Crippen LogP contribution in [0.4, 0.5) is 13.2 Å². The van der Waals surface area contributed by atoms with E-state index in [9.17, 15) is 32.3 Å². The number of aromatic amines is 1. The summed E-state index contributed by atoms with van der Waals surface area (Å²) < 4.78 is 42.8. The molecule has 1 aromatic carbocycles. The molecule has 1 aromatic heterocycles.